The summed E-state index contributed by atoms with van der Waals surface area (Å²) in [6.45, 7) is 9.70. The van der Waals surface area contributed by atoms with Gasteiger partial charge in [-0.05, 0) is 37.1 Å². The second-order valence-corrected chi connectivity index (χ2v) is 6.88. The summed E-state index contributed by atoms with van der Waals surface area (Å²) < 4.78 is 0. The molecule has 0 bridgehead atoms. The third-order valence-corrected chi connectivity index (χ3v) is 4.07. The van der Waals surface area contributed by atoms with Crippen LogP contribution in [0.25, 0.3) is 0 Å². The normalized spacial score (nSPS) is 13.5. The largest absolute Gasteiger partial charge is 0.330 e. The van der Waals surface area contributed by atoms with Gasteiger partial charge in [-0.15, -0.1) is 0 Å². The van der Waals surface area contributed by atoms with Crippen LogP contribution in [0.4, 0.5) is 0 Å². The summed E-state index contributed by atoms with van der Waals surface area (Å²) in [6, 6.07) is 0. The fraction of sp³-hybridized carbons (Fsp3) is 0.941. The highest BCUT2D eigenvalue weighted by atomic mass is 16.1. The molecule has 0 radical (unpaired) electrons. The first kappa shape index (κ1) is 18.6. The van der Waals surface area contributed by atoms with E-state index in [2.05, 4.69) is 27.7 Å². The zero-order valence-corrected chi connectivity index (χ0v) is 13.6. The molecule has 2 nitrogen and oxygen atoms in total. The molecule has 0 heterocycles. The van der Waals surface area contributed by atoms with Crippen molar-refractivity contribution in [2.45, 2.75) is 85.5 Å². The van der Waals surface area contributed by atoms with Crippen LogP contribution >= 0.6 is 0 Å². The molecule has 19 heavy (non-hydrogen) atoms. The van der Waals surface area contributed by atoms with Crippen LogP contribution in [0.15, 0.2) is 0 Å². The van der Waals surface area contributed by atoms with E-state index in [0.29, 0.717) is 11.7 Å². The van der Waals surface area contributed by atoms with Crippen LogP contribution in [0.1, 0.15) is 85.5 Å². The Hall–Kier alpha value is -0.370. The molecule has 0 aliphatic heterocycles. The van der Waals surface area contributed by atoms with Gasteiger partial charge in [0, 0.05) is 12.8 Å². The Labute approximate surface area is 120 Å². The lowest BCUT2D eigenvalue weighted by molar-refractivity contribution is -0.119. The van der Waals surface area contributed by atoms with E-state index in [1.165, 1.54) is 25.7 Å². The molecule has 1 atom stereocenters. The summed E-state index contributed by atoms with van der Waals surface area (Å²) in [6.07, 6.45) is 9.71. The minimum atomic E-state index is 0.265. The quantitative estimate of drug-likeness (QED) is 0.552. The van der Waals surface area contributed by atoms with Crippen LogP contribution < -0.4 is 5.73 Å². The Morgan fingerprint density at radius 3 is 2.16 bits per heavy atom. The van der Waals surface area contributed by atoms with E-state index < -0.39 is 0 Å². The maximum absolute atomic E-state index is 11.9. The number of carbonyl (C=O) groups excluding carboxylic acids is 1. The van der Waals surface area contributed by atoms with Gasteiger partial charge in [0.1, 0.15) is 5.78 Å². The van der Waals surface area contributed by atoms with Crippen LogP contribution in [0, 0.1) is 11.3 Å². The minimum Gasteiger partial charge on any atom is -0.330 e. The van der Waals surface area contributed by atoms with Gasteiger partial charge in [-0.2, -0.15) is 0 Å². The summed E-state index contributed by atoms with van der Waals surface area (Å²) >= 11 is 0. The average Bonchev–Trinajstić information content (AvgIpc) is 2.32. The number of hydrogen-bond acceptors (Lipinski definition) is 2. The zero-order chi connectivity index (χ0) is 14.7. The maximum Gasteiger partial charge on any atom is 0.132 e. The fourth-order valence-corrected chi connectivity index (χ4v) is 2.60. The molecule has 2 N–H and O–H groups in total. The smallest absolute Gasteiger partial charge is 0.132 e. The van der Waals surface area contributed by atoms with Gasteiger partial charge in [0.15, 0.2) is 0 Å². The topological polar surface area (TPSA) is 43.1 Å². The lowest BCUT2D eigenvalue weighted by Gasteiger charge is -2.30. The Kier molecular flexibility index (Phi) is 10.2. The number of unbranched alkanes of at least 4 members (excludes halogenated alkanes) is 4. The van der Waals surface area contributed by atoms with Gasteiger partial charge in [0.05, 0.1) is 0 Å². The maximum atomic E-state index is 11.9. The molecule has 0 spiro atoms. The average molecular weight is 269 g/mol. The van der Waals surface area contributed by atoms with Crippen molar-refractivity contribution in [3.05, 3.63) is 0 Å². The number of nitrogens with two attached hydrogens (primary N) is 1. The molecule has 0 aliphatic rings. The Bertz CT molecular complexity index is 230. The summed E-state index contributed by atoms with van der Waals surface area (Å²) in [5.74, 6) is 1.02. The second kappa shape index (κ2) is 10.4. The molecule has 0 aromatic heterocycles. The Morgan fingerprint density at radius 1 is 1.00 bits per heavy atom. The third-order valence-electron chi connectivity index (χ3n) is 4.07. The monoisotopic (exact) mass is 269 g/mol. The van der Waals surface area contributed by atoms with E-state index in [1.807, 2.05) is 0 Å². The molecule has 0 aromatic carbocycles. The molecule has 1 unspecified atom stereocenters. The lowest BCUT2D eigenvalue weighted by Crippen LogP contribution is -2.24. The first-order valence-corrected chi connectivity index (χ1v) is 8.13. The van der Waals surface area contributed by atoms with Crippen molar-refractivity contribution in [2.75, 3.05) is 6.54 Å². The van der Waals surface area contributed by atoms with Gasteiger partial charge in [0.2, 0.25) is 0 Å². The molecule has 0 aromatic rings. The van der Waals surface area contributed by atoms with Crippen LogP contribution in [0.3, 0.4) is 0 Å². The highest BCUT2D eigenvalue weighted by Crippen LogP contribution is 2.32. The summed E-state index contributed by atoms with van der Waals surface area (Å²) in [7, 11) is 0. The molecule has 0 saturated heterocycles. The van der Waals surface area contributed by atoms with Crippen LogP contribution in [-0.2, 0) is 4.79 Å². The number of rotatable bonds is 11. The van der Waals surface area contributed by atoms with Crippen LogP contribution in [0.5, 0.6) is 0 Å². The van der Waals surface area contributed by atoms with Gasteiger partial charge in [-0.3, -0.25) is 4.79 Å². The van der Waals surface area contributed by atoms with Crippen molar-refractivity contribution >= 4 is 5.78 Å². The van der Waals surface area contributed by atoms with Crippen molar-refractivity contribution < 1.29 is 4.79 Å². The minimum absolute atomic E-state index is 0.265. The highest BCUT2D eigenvalue weighted by Gasteiger charge is 2.24. The van der Waals surface area contributed by atoms with Gasteiger partial charge in [0.25, 0.3) is 0 Å². The summed E-state index contributed by atoms with van der Waals surface area (Å²) in [4.78, 5) is 11.9. The van der Waals surface area contributed by atoms with E-state index in [4.69, 9.17) is 5.73 Å². The van der Waals surface area contributed by atoms with Gasteiger partial charge in [-0.1, -0.05) is 53.4 Å². The SMILES string of the molecule is CCCCCCCC(=O)CCC(CCN)C(C)(C)C. The zero-order valence-electron chi connectivity index (χ0n) is 13.6. The Balaban J connectivity index is 3.80. The van der Waals surface area contributed by atoms with Crippen molar-refractivity contribution in [1.29, 1.82) is 0 Å². The molecule has 0 aliphatic carbocycles. The standard InChI is InChI=1S/C17H35NO/c1-5-6-7-8-9-10-16(19)12-11-15(13-14-18)17(2,3)4/h15H,5-14,18H2,1-4H3. The van der Waals surface area contributed by atoms with E-state index >= 15 is 0 Å². The molecule has 0 fully saturated rings. The molecule has 114 valence electrons. The third kappa shape index (κ3) is 10.1. The fourth-order valence-electron chi connectivity index (χ4n) is 2.60. The first-order valence-electron chi connectivity index (χ1n) is 8.13. The first-order chi connectivity index (χ1) is 8.91. The predicted octanol–water partition coefficient (Wildman–Crippen LogP) is 4.71. The van der Waals surface area contributed by atoms with Crippen LogP contribution in [0.2, 0.25) is 0 Å². The number of Topliss-reactive ketones (excluding diaryl/α,β-unsaturated/α-hetero) is 1. The summed E-state index contributed by atoms with van der Waals surface area (Å²) in [5, 5.41) is 0. The van der Waals surface area contributed by atoms with E-state index in [9.17, 15) is 4.79 Å². The van der Waals surface area contributed by atoms with Crippen molar-refractivity contribution in [3.8, 4) is 0 Å². The van der Waals surface area contributed by atoms with Crippen molar-refractivity contribution in [1.82, 2.24) is 0 Å². The van der Waals surface area contributed by atoms with Gasteiger partial charge < -0.3 is 5.73 Å². The van der Waals surface area contributed by atoms with E-state index in [0.717, 1.165) is 38.6 Å². The molecular formula is C17H35NO. The van der Waals surface area contributed by atoms with E-state index in [-0.39, 0.29) is 5.41 Å². The summed E-state index contributed by atoms with van der Waals surface area (Å²) in [5.41, 5.74) is 5.94. The molecule has 0 rings (SSSR count). The van der Waals surface area contributed by atoms with Crippen molar-refractivity contribution in [3.63, 3.8) is 0 Å². The van der Waals surface area contributed by atoms with Gasteiger partial charge >= 0.3 is 0 Å². The molecular weight excluding hydrogens is 234 g/mol. The molecule has 0 saturated carbocycles. The van der Waals surface area contributed by atoms with Crippen LogP contribution in [-0.4, -0.2) is 12.3 Å². The molecule has 2 heteroatoms. The lowest BCUT2D eigenvalue weighted by atomic mass is 9.76. The predicted molar refractivity (Wildman–Crippen MR) is 84.2 cm³/mol. The van der Waals surface area contributed by atoms with E-state index in [1.54, 1.807) is 0 Å². The number of ketones is 1. The van der Waals surface area contributed by atoms with Crippen molar-refractivity contribution in [2.24, 2.45) is 17.1 Å². The molecule has 0 amide bonds. The highest BCUT2D eigenvalue weighted by molar-refractivity contribution is 5.78. The van der Waals surface area contributed by atoms with Gasteiger partial charge in [-0.25, -0.2) is 0 Å². The number of carbonyl (C=O) groups is 1. The Morgan fingerprint density at radius 2 is 1.63 bits per heavy atom. The number of hydrogen-bond donors (Lipinski definition) is 1. The second-order valence-electron chi connectivity index (χ2n) is 6.88.